The number of carboxylic acids is 1. The second-order valence-corrected chi connectivity index (χ2v) is 6.85. The molecule has 0 aliphatic heterocycles. The van der Waals surface area contributed by atoms with Gasteiger partial charge in [0.2, 0.25) is 10.0 Å². The fourth-order valence-corrected chi connectivity index (χ4v) is 3.47. The highest BCUT2D eigenvalue weighted by Gasteiger charge is 2.36. The van der Waals surface area contributed by atoms with Gasteiger partial charge < -0.3 is 10.1 Å². The average molecular weight is 286 g/mol. The van der Waals surface area contributed by atoms with Gasteiger partial charge in [0.15, 0.2) is 0 Å². The Kier molecular flexibility index (Phi) is 3.69. The highest BCUT2D eigenvalue weighted by molar-refractivity contribution is 7.89. The molecule has 1 heterocycles. The molecule has 3 N–H and O–H groups in total. The fourth-order valence-electron chi connectivity index (χ4n) is 2.32. The van der Waals surface area contributed by atoms with Crippen molar-refractivity contribution < 1.29 is 18.3 Å². The molecule has 2 rings (SSSR count). The molecule has 1 aromatic heterocycles. The summed E-state index contributed by atoms with van der Waals surface area (Å²) in [7, 11) is -3.64. The van der Waals surface area contributed by atoms with Crippen LogP contribution in [0.2, 0.25) is 0 Å². The fraction of sp³-hybridized carbons (Fsp3) is 0.583. The van der Waals surface area contributed by atoms with Gasteiger partial charge in [0.1, 0.15) is 10.6 Å². The topological polar surface area (TPSA) is 99.3 Å². The van der Waals surface area contributed by atoms with E-state index >= 15 is 0 Å². The SMILES string of the molecule is CCC1(CNS(=O)(=O)c2c[nH]c(C(=O)O)c2)CCC1. The summed E-state index contributed by atoms with van der Waals surface area (Å²) >= 11 is 0. The summed E-state index contributed by atoms with van der Waals surface area (Å²) in [5, 5.41) is 8.76. The van der Waals surface area contributed by atoms with Crippen LogP contribution in [0, 0.1) is 5.41 Å². The zero-order valence-corrected chi connectivity index (χ0v) is 11.6. The van der Waals surface area contributed by atoms with Gasteiger partial charge in [-0.1, -0.05) is 13.3 Å². The normalized spacial score (nSPS) is 17.9. The first-order valence-corrected chi connectivity index (χ1v) is 7.78. The average Bonchev–Trinajstić information content (AvgIpc) is 2.78. The van der Waals surface area contributed by atoms with E-state index in [2.05, 4.69) is 16.6 Å². The number of rotatable bonds is 6. The lowest BCUT2D eigenvalue weighted by Gasteiger charge is -2.41. The molecule has 0 unspecified atom stereocenters. The van der Waals surface area contributed by atoms with Gasteiger partial charge in [-0.3, -0.25) is 0 Å². The van der Waals surface area contributed by atoms with Crippen LogP contribution in [0.1, 0.15) is 43.1 Å². The number of aromatic carboxylic acids is 1. The molecule has 1 aliphatic carbocycles. The summed E-state index contributed by atoms with van der Waals surface area (Å²) in [4.78, 5) is 13.1. The van der Waals surface area contributed by atoms with E-state index in [0.29, 0.717) is 6.54 Å². The smallest absolute Gasteiger partial charge is 0.352 e. The van der Waals surface area contributed by atoms with E-state index < -0.39 is 16.0 Å². The molecule has 0 saturated heterocycles. The lowest BCUT2D eigenvalue weighted by Crippen LogP contribution is -2.41. The third kappa shape index (κ3) is 2.82. The maximum atomic E-state index is 12.0. The van der Waals surface area contributed by atoms with Crippen molar-refractivity contribution in [1.82, 2.24) is 9.71 Å². The number of aromatic amines is 1. The molecule has 7 heteroatoms. The molecule has 6 nitrogen and oxygen atoms in total. The largest absolute Gasteiger partial charge is 0.477 e. The number of H-pyrrole nitrogens is 1. The summed E-state index contributed by atoms with van der Waals surface area (Å²) in [6.07, 6.45) is 5.37. The van der Waals surface area contributed by atoms with Crippen LogP contribution >= 0.6 is 0 Å². The molecule has 1 aromatic rings. The second-order valence-electron chi connectivity index (χ2n) is 5.09. The molecule has 1 fully saturated rings. The number of hydrogen-bond donors (Lipinski definition) is 3. The van der Waals surface area contributed by atoms with Crippen LogP contribution in [0.4, 0.5) is 0 Å². The van der Waals surface area contributed by atoms with E-state index in [0.717, 1.165) is 31.7 Å². The molecule has 0 spiro atoms. The first kappa shape index (κ1) is 14.1. The number of hydrogen-bond acceptors (Lipinski definition) is 3. The monoisotopic (exact) mass is 286 g/mol. The lowest BCUT2D eigenvalue weighted by atomic mass is 9.67. The molecular weight excluding hydrogens is 268 g/mol. The van der Waals surface area contributed by atoms with E-state index in [1.807, 2.05) is 0 Å². The van der Waals surface area contributed by atoms with Gasteiger partial charge in [-0.05, 0) is 30.7 Å². The first-order valence-electron chi connectivity index (χ1n) is 6.30. The molecule has 0 radical (unpaired) electrons. The van der Waals surface area contributed by atoms with Crippen molar-refractivity contribution in [3.8, 4) is 0 Å². The molecular formula is C12H18N2O4S. The predicted octanol–water partition coefficient (Wildman–Crippen LogP) is 1.57. The third-order valence-electron chi connectivity index (χ3n) is 4.00. The highest BCUT2D eigenvalue weighted by Crippen LogP contribution is 2.43. The van der Waals surface area contributed by atoms with Gasteiger partial charge in [-0.25, -0.2) is 17.9 Å². The number of sulfonamides is 1. The Morgan fingerprint density at radius 3 is 2.63 bits per heavy atom. The minimum atomic E-state index is -3.64. The number of carboxylic acid groups (broad SMARTS) is 1. The Balaban J connectivity index is 2.07. The maximum absolute atomic E-state index is 12.0. The molecule has 1 aliphatic rings. The minimum absolute atomic E-state index is 0.0320. The maximum Gasteiger partial charge on any atom is 0.352 e. The Labute approximate surface area is 112 Å². The predicted molar refractivity (Wildman–Crippen MR) is 69.5 cm³/mol. The summed E-state index contributed by atoms with van der Waals surface area (Å²) < 4.78 is 26.7. The van der Waals surface area contributed by atoms with Crippen LogP contribution < -0.4 is 4.72 Å². The molecule has 0 atom stereocenters. The number of nitrogens with one attached hydrogen (secondary N) is 2. The minimum Gasteiger partial charge on any atom is -0.477 e. The third-order valence-corrected chi connectivity index (χ3v) is 5.38. The van der Waals surface area contributed by atoms with Crippen LogP contribution in [0.3, 0.4) is 0 Å². The van der Waals surface area contributed by atoms with Gasteiger partial charge >= 0.3 is 5.97 Å². The Hall–Kier alpha value is -1.34. The van der Waals surface area contributed by atoms with Gasteiger partial charge in [-0.15, -0.1) is 0 Å². The molecule has 0 amide bonds. The zero-order valence-electron chi connectivity index (χ0n) is 10.8. The van der Waals surface area contributed by atoms with E-state index in [4.69, 9.17) is 5.11 Å². The van der Waals surface area contributed by atoms with E-state index in [-0.39, 0.29) is 16.0 Å². The summed E-state index contributed by atoms with van der Waals surface area (Å²) in [5.74, 6) is -1.18. The highest BCUT2D eigenvalue weighted by atomic mass is 32.2. The van der Waals surface area contributed by atoms with Gasteiger partial charge in [0.25, 0.3) is 0 Å². The second kappa shape index (κ2) is 4.97. The van der Waals surface area contributed by atoms with Gasteiger partial charge in [0, 0.05) is 12.7 Å². The van der Waals surface area contributed by atoms with Crippen molar-refractivity contribution in [2.24, 2.45) is 5.41 Å². The van der Waals surface area contributed by atoms with Crippen molar-refractivity contribution in [2.75, 3.05) is 6.54 Å². The standard InChI is InChI=1S/C12H18N2O4S/c1-2-12(4-3-5-12)8-14-19(17,18)9-6-10(11(15)16)13-7-9/h6-7,13-14H,2-5,8H2,1H3,(H,15,16). The lowest BCUT2D eigenvalue weighted by molar-refractivity contribution is 0.0691. The van der Waals surface area contributed by atoms with Crippen LogP contribution in [0.25, 0.3) is 0 Å². The van der Waals surface area contributed by atoms with Crippen molar-refractivity contribution in [1.29, 1.82) is 0 Å². The zero-order chi connectivity index (χ0) is 14.1. The molecule has 106 valence electrons. The number of aromatic nitrogens is 1. The molecule has 0 aromatic carbocycles. The first-order chi connectivity index (χ1) is 8.88. The number of carbonyl (C=O) groups is 1. The van der Waals surface area contributed by atoms with Gasteiger partial charge in [-0.2, -0.15) is 0 Å². The Morgan fingerprint density at radius 1 is 1.53 bits per heavy atom. The van der Waals surface area contributed by atoms with Crippen LogP contribution in [0.5, 0.6) is 0 Å². The Bertz CT molecular complexity index is 567. The summed E-state index contributed by atoms with van der Waals surface area (Å²) in [6, 6.07) is 1.13. The van der Waals surface area contributed by atoms with Crippen molar-refractivity contribution in [2.45, 2.75) is 37.5 Å². The molecule has 0 bridgehead atoms. The van der Waals surface area contributed by atoms with E-state index in [1.165, 1.54) is 6.20 Å². The van der Waals surface area contributed by atoms with E-state index in [9.17, 15) is 13.2 Å². The molecule has 19 heavy (non-hydrogen) atoms. The van der Waals surface area contributed by atoms with Crippen LogP contribution in [0.15, 0.2) is 17.2 Å². The van der Waals surface area contributed by atoms with Crippen molar-refractivity contribution in [3.63, 3.8) is 0 Å². The quantitative estimate of drug-likeness (QED) is 0.739. The van der Waals surface area contributed by atoms with Crippen molar-refractivity contribution >= 4 is 16.0 Å². The summed E-state index contributed by atoms with van der Waals surface area (Å²) in [6.45, 7) is 2.48. The van der Waals surface area contributed by atoms with Crippen LogP contribution in [-0.2, 0) is 10.0 Å². The van der Waals surface area contributed by atoms with Crippen molar-refractivity contribution in [3.05, 3.63) is 18.0 Å². The van der Waals surface area contributed by atoms with Gasteiger partial charge in [0.05, 0.1) is 0 Å². The van der Waals surface area contributed by atoms with E-state index in [1.54, 1.807) is 0 Å². The Morgan fingerprint density at radius 2 is 2.21 bits per heavy atom. The molecule has 1 saturated carbocycles. The van der Waals surface area contributed by atoms with Crippen LogP contribution in [-0.4, -0.2) is 31.0 Å². The summed E-state index contributed by atoms with van der Waals surface area (Å²) in [5.41, 5.74) is -0.0480.